The molecule has 0 fully saturated rings. The van der Waals surface area contributed by atoms with Crippen LogP contribution in [0.15, 0.2) is 65.7 Å². The lowest BCUT2D eigenvalue weighted by Gasteiger charge is -2.25. The molecule has 0 unspecified atom stereocenters. The second-order valence-corrected chi connectivity index (χ2v) is 6.73. The monoisotopic (exact) mass is 376 g/mol. The average molecular weight is 376 g/mol. The van der Waals surface area contributed by atoms with Gasteiger partial charge in [-0.05, 0) is 23.8 Å². The number of ether oxygens (including phenoxy) is 1. The highest BCUT2D eigenvalue weighted by Gasteiger charge is 2.23. The Hall–Kier alpha value is -3.30. The Balaban J connectivity index is 1.77. The van der Waals surface area contributed by atoms with Crippen LogP contribution in [0.3, 0.4) is 0 Å². The second-order valence-electron chi connectivity index (χ2n) is 6.73. The van der Waals surface area contributed by atoms with E-state index in [0.29, 0.717) is 24.4 Å². The molecule has 0 amide bonds. The molecular weight excluding hydrogens is 352 g/mol. The summed E-state index contributed by atoms with van der Waals surface area (Å²) in [7, 11) is 1.57. The van der Waals surface area contributed by atoms with Crippen molar-refractivity contribution in [3.8, 4) is 6.07 Å². The van der Waals surface area contributed by atoms with Crippen LogP contribution in [0.2, 0.25) is 0 Å². The molecule has 144 valence electrons. The summed E-state index contributed by atoms with van der Waals surface area (Å²) in [5, 5.41) is 12.2. The molecule has 28 heavy (non-hydrogen) atoms. The van der Waals surface area contributed by atoms with Gasteiger partial charge in [0.05, 0.1) is 30.9 Å². The quantitative estimate of drug-likeness (QED) is 0.596. The first kappa shape index (κ1) is 19.5. The Bertz CT molecular complexity index is 1000. The molecule has 0 spiro atoms. The summed E-state index contributed by atoms with van der Waals surface area (Å²) in [5.74, 6) is 0.608. The van der Waals surface area contributed by atoms with Crippen LogP contribution in [0.1, 0.15) is 22.4 Å². The normalized spacial score (nSPS) is 14.6. The van der Waals surface area contributed by atoms with Crippen molar-refractivity contribution in [1.82, 2.24) is 14.7 Å². The van der Waals surface area contributed by atoms with E-state index < -0.39 is 0 Å². The van der Waals surface area contributed by atoms with E-state index in [4.69, 9.17) is 10.00 Å². The number of allylic oxidation sites excluding steroid dienone is 3. The van der Waals surface area contributed by atoms with Crippen molar-refractivity contribution in [3.05, 3.63) is 93.6 Å². The third kappa shape index (κ3) is 4.00. The van der Waals surface area contributed by atoms with Crippen LogP contribution in [0.4, 0.5) is 0 Å². The lowest BCUT2D eigenvalue weighted by molar-refractivity contribution is 0.244. The first-order valence-corrected chi connectivity index (χ1v) is 9.13. The maximum absolute atomic E-state index is 12.9. The topological polar surface area (TPSA) is 74.0 Å². The van der Waals surface area contributed by atoms with E-state index in [1.54, 1.807) is 23.9 Å². The molecule has 1 aromatic carbocycles. The minimum Gasteiger partial charge on any atom is -0.496 e. The molecule has 6 heteroatoms. The molecule has 1 aromatic heterocycles. The van der Waals surface area contributed by atoms with Gasteiger partial charge in [-0.3, -0.25) is 14.8 Å². The fourth-order valence-corrected chi connectivity index (χ4v) is 3.46. The van der Waals surface area contributed by atoms with Crippen molar-refractivity contribution in [2.75, 3.05) is 13.7 Å². The highest BCUT2D eigenvalue weighted by atomic mass is 16.5. The van der Waals surface area contributed by atoms with Crippen molar-refractivity contribution in [3.63, 3.8) is 0 Å². The molecule has 1 aliphatic rings. The summed E-state index contributed by atoms with van der Waals surface area (Å²) in [5.41, 5.74) is 4.36. The number of methoxy groups -OCH3 is 1. The van der Waals surface area contributed by atoms with E-state index in [1.165, 1.54) is 0 Å². The van der Waals surface area contributed by atoms with Crippen molar-refractivity contribution >= 4 is 0 Å². The van der Waals surface area contributed by atoms with E-state index in [-0.39, 0.29) is 5.56 Å². The third-order valence-electron chi connectivity index (χ3n) is 4.98. The number of hydrogen-bond donors (Lipinski definition) is 1. The zero-order valence-electron chi connectivity index (χ0n) is 16.1. The first-order chi connectivity index (χ1) is 13.6. The van der Waals surface area contributed by atoms with Crippen LogP contribution in [-0.2, 0) is 30.8 Å². The zero-order valence-corrected chi connectivity index (χ0v) is 16.1. The van der Waals surface area contributed by atoms with Crippen molar-refractivity contribution in [1.29, 1.82) is 5.26 Å². The summed E-state index contributed by atoms with van der Waals surface area (Å²) < 4.78 is 6.91. The molecule has 0 saturated carbocycles. The van der Waals surface area contributed by atoms with Crippen LogP contribution >= 0.6 is 0 Å². The first-order valence-electron chi connectivity index (χ1n) is 9.13. The third-order valence-corrected chi connectivity index (χ3v) is 4.98. The number of nitrogens with zero attached hydrogens (tertiary/aromatic N) is 3. The van der Waals surface area contributed by atoms with Crippen LogP contribution in [0.5, 0.6) is 0 Å². The Morgan fingerprint density at radius 1 is 1.32 bits per heavy atom. The Kier molecular flexibility index (Phi) is 5.97. The fourth-order valence-electron chi connectivity index (χ4n) is 3.46. The zero-order chi connectivity index (χ0) is 20.1. The molecule has 1 aliphatic heterocycles. The van der Waals surface area contributed by atoms with Crippen LogP contribution in [0, 0.1) is 11.3 Å². The highest BCUT2D eigenvalue weighted by Crippen LogP contribution is 2.18. The number of aromatic amines is 1. The Labute approximate surface area is 164 Å². The maximum atomic E-state index is 12.9. The Morgan fingerprint density at radius 2 is 2.07 bits per heavy atom. The predicted octanol–water partition coefficient (Wildman–Crippen LogP) is 2.88. The van der Waals surface area contributed by atoms with Crippen molar-refractivity contribution in [2.24, 2.45) is 0 Å². The second kappa shape index (κ2) is 8.59. The fraction of sp³-hybridized carbons (Fsp3) is 0.273. The standard InChI is InChI=1S/C22H24N4O2/c1-4-18(21(5-2)28-3)14-26-22(27)19-15-25(11-10-20(19)24-26)13-17-8-6-16(12-23)7-9-17/h4-9,24H,1-2,10-11,13-15H2,3H3/b21-18-. The summed E-state index contributed by atoms with van der Waals surface area (Å²) in [6.07, 6.45) is 4.09. The van der Waals surface area contributed by atoms with E-state index in [1.807, 2.05) is 24.3 Å². The van der Waals surface area contributed by atoms with Gasteiger partial charge < -0.3 is 4.74 Å². The number of H-pyrrole nitrogens is 1. The van der Waals surface area contributed by atoms with Crippen molar-refractivity contribution < 1.29 is 4.74 Å². The number of aromatic nitrogens is 2. The molecule has 3 rings (SSSR count). The smallest absolute Gasteiger partial charge is 0.271 e. The van der Waals surface area contributed by atoms with Crippen LogP contribution in [-0.4, -0.2) is 28.3 Å². The van der Waals surface area contributed by atoms with Gasteiger partial charge in [0.15, 0.2) is 0 Å². The number of nitriles is 1. The van der Waals surface area contributed by atoms with Gasteiger partial charge in [0, 0.05) is 37.3 Å². The SMILES string of the molecule is C=C/C(Cn1[nH]c2c(c1=O)CN(Cc1ccc(C#N)cc1)CC2)=C(\C=C)OC. The molecule has 0 atom stereocenters. The number of nitrogens with one attached hydrogen (secondary N) is 1. The maximum Gasteiger partial charge on any atom is 0.271 e. The van der Waals surface area contributed by atoms with Gasteiger partial charge in [0.25, 0.3) is 5.56 Å². The summed E-state index contributed by atoms with van der Waals surface area (Å²) >= 11 is 0. The number of benzene rings is 1. The van der Waals surface area contributed by atoms with Crippen LogP contribution in [0.25, 0.3) is 0 Å². The van der Waals surface area contributed by atoms with E-state index >= 15 is 0 Å². The van der Waals surface area contributed by atoms with Gasteiger partial charge in [-0.15, -0.1) is 0 Å². The van der Waals surface area contributed by atoms with E-state index in [9.17, 15) is 4.79 Å². The number of hydrogen-bond acceptors (Lipinski definition) is 4. The molecule has 1 N–H and O–H groups in total. The van der Waals surface area contributed by atoms with Gasteiger partial charge in [-0.25, -0.2) is 4.68 Å². The Morgan fingerprint density at radius 3 is 2.68 bits per heavy atom. The van der Waals surface area contributed by atoms with E-state index in [0.717, 1.165) is 41.9 Å². The molecule has 0 aliphatic carbocycles. The summed E-state index contributed by atoms with van der Waals surface area (Å²) in [6, 6.07) is 9.71. The predicted molar refractivity (Wildman–Crippen MR) is 108 cm³/mol. The number of fused-ring (bicyclic) bond motifs is 1. The summed E-state index contributed by atoms with van der Waals surface area (Å²) in [6.45, 7) is 10.1. The average Bonchev–Trinajstić information content (AvgIpc) is 3.03. The summed E-state index contributed by atoms with van der Waals surface area (Å²) in [4.78, 5) is 15.1. The largest absolute Gasteiger partial charge is 0.496 e. The molecule has 2 heterocycles. The van der Waals surface area contributed by atoms with E-state index in [2.05, 4.69) is 29.2 Å². The van der Waals surface area contributed by atoms with Gasteiger partial charge >= 0.3 is 0 Å². The lowest BCUT2D eigenvalue weighted by atomic mass is 10.1. The van der Waals surface area contributed by atoms with Crippen molar-refractivity contribution in [2.45, 2.75) is 26.1 Å². The van der Waals surface area contributed by atoms with Gasteiger partial charge in [0.1, 0.15) is 5.76 Å². The number of rotatable bonds is 7. The van der Waals surface area contributed by atoms with Gasteiger partial charge in [-0.1, -0.05) is 31.4 Å². The van der Waals surface area contributed by atoms with Gasteiger partial charge in [0.2, 0.25) is 0 Å². The highest BCUT2D eigenvalue weighted by molar-refractivity contribution is 5.32. The van der Waals surface area contributed by atoms with Gasteiger partial charge in [-0.2, -0.15) is 5.26 Å². The molecule has 2 aromatic rings. The minimum atomic E-state index is -0.0154. The molecular formula is C22H24N4O2. The van der Waals surface area contributed by atoms with Crippen LogP contribution < -0.4 is 5.56 Å². The minimum absolute atomic E-state index is 0.0154. The molecule has 0 saturated heterocycles. The lowest BCUT2D eigenvalue weighted by Crippen LogP contribution is -2.32. The molecule has 0 radical (unpaired) electrons. The molecule has 6 nitrogen and oxygen atoms in total. The molecule has 0 bridgehead atoms.